The number of nitrogens with one attached hydrogen (secondary N) is 1. The van der Waals surface area contributed by atoms with Gasteiger partial charge in [0.15, 0.2) is 0 Å². The maximum Gasteiger partial charge on any atom is 0.331 e. The van der Waals surface area contributed by atoms with E-state index in [2.05, 4.69) is 5.32 Å². The fraction of sp³-hybridized carbons (Fsp3) is 0.250. The standard InChI is InChI=1S/C20H20N2O6/c1-3-26-14-8-7-13(17(11-14)27-4-2)10-16-18(23)21-20(25)22(19(16)24)12-15-6-5-9-28-15/h5-11H,3-4,12H2,1-2H3,(H,21,23,25). The van der Waals surface area contributed by atoms with Crippen LogP contribution in [-0.4, -0.2) is 36.0 Å². The Bertz CT molecular complexity index is 917. The van der Waals surface area contributed by atoms with Gasteiger partial charge in [0.25, 0.3) is 11.8 Å². The molecule has 1 N–H and O–H groups in total. The van der Waals surface area contributed by atoms with Gasteiger partial charge in [-0.2, -0.15) is 0 Å². The molecule has 2 heterocycles. The number of furan rings is 1. The highest BCUT2D eigenvalue weighted by atomic mass is 16.5. The van der Waals surface area contributed by atoms with Crippen LogP contribution < -0.4 is 14.8 Å². The summed E-state index contributed by atoms with van der Waals surface area (Å²) in [6, 6.07) is 7.60. The molecule has 8 heteroatoms. The third kappa shape index (κ3) is 4.06. The van der Waals surface area contributed by atoms with Crippen molar-refractivity contribution in [1.29, 1.82) is 0 Å². The van der Waals surface area contributed by atoms with Gasteiger partial charge < -0.3 is 13.9 Å². The first kappa shape index (κ1) is 19.2. The molecule has 4 amide bonds. The molecular weight excluding hydrogens is 364 g/mol. The van der Waals surface area contributed by atoms with Gasteiger partial charge in [0, 0.05) is 11.6 Å². The van der Waals surface area contributed by atoms with Crippen molar-refractivity contribution in [3.8, 4) is 11.5 Å². The van der Waals surface area contributed by atoms with Crippen LogP contribution in [0.2, 0.25) is 0 Å². The van der Waals surface area contributed by atoms with Crippen LogP contribution in [-0.2, 0) is 16.1 Å². The lowest BCUT2D eigenvalue weighted by Crippen LogP contribution is -2.53. The summed E-state index contributed by atoms with van der Waals surface area (Å²) < 4.78 is 16.3. The first-order valence-corrected chi connectivity index (χ1v) is 8.84. The monoisotopic (exact) mass is 384 g/mol. The number of carbonyl (C=O) groups is 3. The van der Waals surface area contributed by atoms with E-state index >= 15 is 0 Å². The largest absolute Gasteiger partial charge is 0.494 e. The molecule has 0 saturated carbocycles. The second kappa shape index (κ2) is 8.43. The zero-order chi connectivity index (χ0) is 20.1. The van der Waals surface area contributed by atoms with Gasteiger partial charge in [-0.15, -0.1) is 0 Å². The number of imide groups is 2. The van der Waals surface area contributed by atoms with Crippen molar-refractivity contribution in [1.82, 2.24) is 10.2 Å². The molecule has 0 atom stereocenters. The van der Waals surface area contributed by atoms with Gasteiger partial charge in [-0.05, 0) is 44.2 Å². The Labute approximate surface area is 161 Å². The van der Waals surface area contributed by atoms with Crippen LogP contribution in [0.15, 0.2) is 46.6 Å². The van der Waals surface area contributed by atoms with Gasteiger partial charge in [0.2, 0.25) is 0 Å². The number of nitrogens with zero attached hydrogens (tertiary/aromatic N) is 1. The van der Waals surface area contributed by atoms with Crippen LogP contribution in [0.25, 0.3) is 6.08 Å². The van der Waals surface area contributed by atoms with Crippen molar-refractivity contribution in [3.63, 3.8) is 0 Å². The zero-order valence-electron chi connectivity index (χ0n) is 15.6. The summed E-state index contributed by atoms with van der Waals surface area (Å²) in [6.07, 6.45) is 2.85. The lowest BCUT2D eigenvalue weighted by Gasteiger charge is -2.25. The fourth-order valence-electron chi connectivity index (χ4n) is 2.72. The van der Waals surface area contributed by atoms with E-state index in [1.54, 1.807) is 30.3 Å². The van der Waals surface area contributed by atoms with Gasteiger partial charge in [0.05, 0.1) is 26.0 Å². The Morgan fingerprint density at radius 2 is 1.89 bits per heavy atom. The summed E-state index contributed by atoms with van der Waals surface area (Å²) in [5, 5.41) is 2.18. The molecule has 146 valence electrons. The molecule has 1 aliphatic rings. The number of ether oxygens (including phenoxy) is 2. The van der Waals surface area contributed by atoms with E-state index in [0.717, 1.165) is 4.90 Å². The highest BCUT2D eigenvalue weighted by molar-refractivity contribution is 6.31. The summed E-state index contributed by atoms with van der Waals surface area (Å²) >= 11 is 0. The highest BCUT2D eigenvalue weighted by Gasteiger charge is 2.36. The third-order valence-electron chi connectivity index (χ3n) is 3.98. The van der Waals surface area contributed by atoms with Crippen LogP contribution >= 0.6 is 0 Å². The van der Waals surface area contributed by atoms with Crippen molar-refractivity contribution < 1.29 is 28.3 Å². The predicted molar refractivity (Wildman–Crippen MR) is 99.6 cm³/mol. The summed E-state index contributed by atoms with van der Waals surface area (Å²) in [5.74, 6) is 0.0370. The molecule has 28 heavy (non-hydrogen) atoms. The molecule has 2 aromatic rings. The molecule has 0 bridgehead atoms. The first-order valence-electron chi connectivity index (χ1n) is 8.84. The summed E-state index contributed by atoms with van der Waals surface area (Å²) in [5.41, 5.74) is 0.354. The summed E-state index contributed by atoms with van der Waals surface area (Å²) in [4.78, 5) is 38.1. The molecule has 3 rings (SSSR count). The number of urea groups is 1. The van der Waals surface area contributed by atoms with Crippen LogP contribution in [0.4, 0.5) is 4.79 Å². The SMILES string of the molecule is CCOc1ccc(C=C2C(=O)NC(=O)N(Cc3ccco3)C2=O)c(OCC)c1. The smallest absolute Gasteiger partial charge is 0.331 e. The Kier molecular flexibility index (Phi) is 5.78. The van der Waals surface area contributed by atoms with Gasteiger partial charge in [0.1, 0.15) is 22.8 Å². The van der Waals surface area contributed by atoms with Crippen molar-refractivity contribution in [2.45, 2.75) is 20.4 Å². The fourth-order valence-corrected chi connectivity index (χ4v) is 2.72. The minimum atomic E-state index is -0.791. The molecule has 8 nitrogen and oxygen atoms in total. The normalized spacial score (nSPS) is 15.7. The molecule has 1 aromatic heterocycles. The Balaban J connectivity index is 1.94. The number of carbonyl (C=O) groups excluding carboxylic acids is 3. The average Bonchev–Trinajstić information content (AvgIpc) is 3.17. The van der Waals surface area contributed by atoms with Gasteiger partial charge in [-0.25, -0.2) is 4.79 Å². The molecule has 1 saturated heterocycles. The van der Waals surface area contributed by atoms with Crippen molar-refractivity contribution in [2.24, 2.45) is 0 Å². The van der Waals surface area contributed by atoms with E-state index in [1.165, 1.54) is 12.3 Å². The van der Waals surface area contributed by atoms with Crippen LogP contribution in [0, 0.1) is 0 Å². The van der Waals surface area contributed by atoms with Crippen molar-refractivity contribution in [3.05, 3.63) is 53.5 Å². The van der Waals surface area contributed by atoms with Gasteiger partial charge in [-0.1, -0.05) is 0 Å². The molecule has 1 aromatic carbocycles. The van der Waals surface area contributed by atoms with E-state index in [0.29, 0.717) is 36.0 Å². The van der Waals surface area contributed by atoms with Crippen LogP contribution in [0.3, 0.4) is 0 Å². The average molecular weight is 384 g/mol. The van der Waals surface area contributed by atoms with E-state index in [9.17, 15) is 14.4 Å². The number of barbiturate groups is 1. The Morgan fingerprint density at radius 1 is 1.11 bits per heavy atom. The lowest BCUT2D eigenvalue weighted by molar-refractivity contribution is -0.130. The maximum atomic E-state index is 12.8. The Morgan fingerprint density at radius 3 is 2.57 bits per heavy atom. The van der Waals surface area contributed by atoms with Crippen LogP contribution in [0.1, 0.15) is 25.2 Å². The van der Waals surface area contributed by atoms with Crippen molar-refractivity contribution >= 4 is 23.9 Å². The topological polar surface area (TPSA) is 98.1 Å². The number of amides is 4. The second-order valence-corrected chi connectivity index (χ2v) is 5.85. The number of hydrogen-bond acceptors (Lipinski definition) is 6. The minimum absolute atomic E-state index is 0.0795. The zero-order valence-corrected chi connectivity index (χ0v) is 15.6. The number of hydrogen-bond donors (Lipinski definition) is 1. The second-order valence-electron chi connectivity index (χ2n) is 5.85. The molecule has 0 unspecified atom stereocenters. The van der Waals surface area contributed by atoms with E-state index in [-0.39, 0.29) is 12.1 Å². The van der Waals surface area contributed by atoms with E-state index < -0.39 is 17.8 Å². The molecule has 0 radical (unpaired) electrons. The molecule has 0 aliphatic carbocycles. The quantitative estimate of drug-likeness (QED) is 0.582. The highest BCUT2D eigenvalue weighted by Crippen LogP contribution is 2.28. The molecule has 1 aliphatic heterocycles. The minimum Gasteiger partial charge on any atom is -0.494 e. The van der Waals surface area contributed by atoms with Crippen LogP contribution in [0.5, 0.6) is 11.5 Å². The van der Waals surface area contributed by atoms with Crippen molar-refractivity contribution in [2.75, 3.05) is 13.2 Å². The lowest BCUT2D eigenvalue weighted by atomic mass is 10.1. The van der Waals surface area contributed by atoms with Gasteiger partial charge >= 0.3 is 6.03 Å². The first-order chi connectivity index (χ1) is 13.5. The third-order valence-corrected chi connectivity index (χ3v) is 3.98. The van der Waals surface area contributed by atoms with E-state index in [4.69, 9.17) is 13.9 Å². The maximum absolute atomic E-state index is 12.8. The molecule has 1 fully saturated rings. The predicted octanol–water partition coefficient (Wildman–Crippen LogP) is 2.74. The molecular formula is C20H20N2O6. The Hall–Kier alpha value is -3.55. The molecule has 0 spiro atoms. The number of rotatable bonds is 7. The van der Waals surface area contributed by atoms with Gasteiger partial charge in [-0.3, -0.25) is 19.8 Å². The summed E-state index contributed by atoms with van der Waals surface area (Å²) in [7, 11) is 0. The van der Waals surface area contributed by atoms with E-state index in [1.807, 2.05) is 13.8 Å². The summed E-state index contributed by atoms with van der Waals surface area (Å²) in [6.45, 7) is 4.51. The number of benzene rings is 1.